The second-order valence-corrected chi connectivity index (χ2v) is 8.35. The third kappa shape index (κ3) is 3.86. The summed E-state index contributed by atoms with van der Waals surface area (Å²) in [6.45, 7) is 3.87. The molecule has 2 aromatic rings. The first-order valence-corrected chi connectivity index (χ1v) is 10.4. The standard InChI is InChI=1S/C18H24BrN3OS/c1-3-22-17(23)15-12-13(19)7-8-16(15)20-18(22)24-11-9-14-6-4-5-10-21(14)2/h7-8,12,14H,3-6,9-11H2,1-2H3. The second-order valence-electron chi connectivity index (χ2n) is 6.37. The first kappa shape index (κ1) is 18.0. The van der Waals surface area contributed by atoms with Crippen LogP contribution in [0.15, 0.2) is 32.6 Å². The van der Waals surface area contributed by atoms with E-state index in [1.807, 2.05) is 25.1 Å². The minimum Gasteiger partial charge on any atom is -0.303 e. The van der Waals surface area contributed by atoms with Crippen molar-refractivity contribution in [3.8, 4) is 0 Å². The lowest BCUT2D eigenvalue weighted by Gasteiger charge is -2.32. The van der Waals surface area contributed by atoms with E-state index in [1.165, 1.54) is 25.8 Å². The molecule has 0 N–H and O–H groups in total. The van der Waals surface area contributed by atoms with Crippen molar-refractivity contribution < 1.29 is 0 Å². The molecule has 6 heteroatoms. The summed E-state index contributed by atoms with van der Waals surface area (Å²) in [4.78, 5) is 19.9. The van der Waals surface area contributed by atoms with Crippen LogP contribution in [0.2, 0.25) is 0 Å². The summed E-state index contributed by atoms with van der Waals surface area (Å²) < 4.78 is 2.71. The van der Waals surface area contributed by atoms with Gasteiger partial charge < -0.3 is 4.90 Å². The number of nitrogens with zero attached hydrogens (tertiary/aromatic N) is 3. The van der Waals surface area contributed by atoms with Crippen LogP contribution < -0.4 is 5.56 Å². The lowest BCUT2D eigenvalue weighted by Crippen LogP contribution is -2.36. The van der Waals surface area contributed by atoms with Crippen LogP contribution in [0.1, 0.15) is 32.6 Å². The number of benzene rings is 1. The Hall–Kier alpha value is -0.850. The maximum atomic E-state index is 12.7. The Morgan fingerprint density at radius 2 is 2.21 bits per heavy atom. The SMILES string of the molecule is CCn1c(SCCC2CCCCN2C)nc2ccc(Br)cc2c1=O. The molecule has 0 radical (unpaired) electrons. The minimum absolute atomic E-state index is 0.0566. The Labute approximate surface area is 155 Å². The van der Waals surface area contributed by atoms with Gasteiger partial charge in [0.2, 0.25) is 0 Å². The highest BCUT2D eigenvalue weighted by Crippen LogP contribution is 2.24. The van der Waals surface area contributed by atoms with Gasteiger partial charge in [-0.1, -0.05) is 34.1 Å². The molecule has 1 atom stereocenters. The van der Waals surface area contributed by atoms with Gasteiger partial charge in [0, 0.05) is 22.8 Å². The average Bonchev–Trinajstić information content (AvgIpc) is 2.57. The van der Waals surface area contributed by atoms with E-state index in [9.17, 15) is 4.79 Å². The highest BCUT2D eigenvalue weighted by molar-refractivity contribution is 9.10. The molecule has 3 rings (SSSR count). The number of hydrogen-bond acceptors (Lipinski definition) is 4. The van der Waals surface area contributed by atoms with Gasteiger partial charge in [-0.15, -0.1) is 0 Å². The highest BCUT2D eigenvalue weighted by atomic mass is 79.9. The van der Waals surface area contributed by atoms with Crippen LogP contribution >= 0.6 is 27.7 Å². The van der Waals surface area contributed by atoms with Gasteiger partial charge in [-0.3, -0.25) is 9.36 Å². The van der Waals surface area contributed by atoms with Crippen LogP contribution in [-0.4, -0.2) is 39.8 Å². The number of halogens is 1. The first-order chi connectivity index (χ1) is 11.6. The largest absolute Gasteiger partial charge is 0.303 e. The molecule has 1 aliphatic heterocycles. The third-order valence-corrected chi connectivity index (χ3v) is 6.30. The lowest BCUT2D eigenvalue weighted by molar-refractivity contribution is 0.182. The Morgan fingerprint density at radius 3 is 2.96 bits per heavy atom. The van der Waals surface area contributed by atoms with Crippen LogP contribution in [-0.2, 0) is 6.54 Å². The van der Waals surface area contributed by atoms with Crippen molar-refractivity contribution in [2.24, 2.45) is 0 Å². The number of likely N-dealkylation sites (tertiary alicyclic amines) is 1. The van der Waals surface area contributed by atoms with Crippen LogP contribution in [0.25, 0.3) is 10.9 Å². The van der Waals surface area contributed by atoms with E-state index in [0.29, 0.717) is 18.0 Å². The Bertz CT molecular complexity index is 777. The maximum absolute atomic E-state index is 12.7. The number of hydrogen-bond donors (Lipinski definition) is 0. The van der Waals surface area contributed by atoms with Gasteiger partial charge in [0.15, 0.2) is 5.16 Å². The summed E-state index contributed by atoms with van der Waals surface area (Å²) in [6.07, 6.45) is 5.09. The van der Waals surface area contributed by atoms with Gasteiger partial charge in [-0.05, 0) is 58.0 Å². The highest BCUT2D eigenvalue weighted by Gasteiger charge is 2.19. The molecule has 1 unspecified atom stereocenters. The van der Waals surface area contributed by atoms with E-state index >= 15 is 0 Å². The van der Waals surface area contributed by atoms with Crippen molar-refractivity contribution in [1.29, 1.82) is 0 Å². The summed E-state index contributed by atoms with van der Waals surface area (Å²) >= 11 is 5.15. The smallest absolute Gasteiger partial charge is 0.262 e. The molecule has 1 aliphatic rings. The molecule has 1 fully saturated rings. The van der Waals surface area contributed by atoms with Crippen molar-refractivity contribution in [3.05, 3.63) is 33.0 Å². The predicted octanol–water partition coefficient (Wildman–Crippen LogP) is 4.15. The van der Waals surface area contributed by atoms with Crippen molar-refractivity contribution in [1.82, 2.24) is 14.5 Å². The summed E-state index contributed by atoms with van der Waals surface area (Å²) in [7, 11) is 2.22. The third-order valence-electron chi connectivity index (χ3n) is 4.80. The molecular formula is C18H24BrN3OS. The number of piperidine rings is 1. The van der Waals surface area contributed by atoms with E-state index in [0.717, 1.165) is 27.3 Å². The van der Waals surface area contributed by atoms with Gasteiger partial charge >= 0.3 is 0 Å². The number of fused-ring (bicyclic) bond motifs is 1. The Kier molecular flexibility index (Phi) is 6.00. The van der Waals surface area contributed by atoms with E-state index < -0.39 is 0 Å². The van der Waals surface area contributed by atoms with Gasteiger partial charge in [-0.2, -0.15) is 0 Å². The fourth-order valence-corrected chi connectivity index (χ4v) is 4.82. The molecule has 0 amide bonds. The molecule has 4 nitrogen and oxygen atoms in total. The topological polar surface area (TPSA) is 38.1 Å². The first-order valence-electron chi connectivity index (χ1n) is 8.63. The monoisotopic (exact) mass is 409 g/mol. The van der Waals surface area contributed by atoms with Gasteiger partial charge in [0.05, 0.1) is 10.9 Å². The maximum Gasteiger partial charge on any atom is 0.262 e. The van der Waals surface area contributed by atoms with Crippen LogP contribution in [0.3, 0.4) is 0 Å². The molecule has 1 saturated heterocycles. The Balaban J connectivity index is 1.78. The van der Waals surface area contributed by atoms with Crippen molar-refractivity contribution in [2.75, 3.05) is 19.3 Å². The number of aromatic nitrogens is 2. The molecule has 24 heavy (non-hydrogen) atoms. The molecule has 0 aliphatic carbocycles. The zero-order valence-corrected chi connectivity index (χ0v) is 16.7. The van der Waals surface area contributed by atoms with Gasteiger partial charge in [0.25, 0.3) is 5.56 Å². The molecule has 2 heterocycles. The molecule has 1 aromatic carbocycles. The van der Waals surface area contributed by atoms with Crippen LogP contribution in [0, 0.1) is 0 Å². The van der Waals surface area contributed by atoms with Crippen LogP contribution in [0.5, 0.6) is 0 Å². The second kappa shape index (κ2) is 8.02. The molecule has 1 aromatic heterocycles. The zero-order chi connectivity index (χ0) is 17.1. The van der Waals surface area contributed by atoms with Gasteiger partial charge in [0.1, 0.15) is 0 Å². The predicted molar refractivity (Wildman–Crippen MR) is 105 cm³/mol. The molecule has 130 valence electrons. The lowest BCUT2D eigenvalue weighted by atomic mass is 10.0. The fourth-order valence-electron chi connectivity index (χ4n) is 3.36. The van der Waals surface area contributed by atoms with E-state index in [2.05, 4.69) is 27.9 Å². The van der Waals surface area contributed by atoms with Crippen molar-refractivity contribution in [3.63, 3.8) is 0 Å². The number of rotatable bonds is 5. The molecular weight excluding hydrogens is 386 g/mol. The van der Waals surface area contributed by atoms with E-state index in [4.69, 9.17) is 4.98 Å². The summed E-state index contributed by atoms with van der Waals surface area (Å²) in [6, 6.07) is 6.39. The van der Waals surface area contributed by atoms with E-state index in [-0.39, 0.29) is 5.56 Å². The fraction of sp³-hybridized carbons (Fsp3) is 0.556. The van der Waals surface area contributed by atoms with Crippen molar-refractivity contribution >= 4 is 38.6 Å². The summed E-state index contributed by atoms with van der Waals surface area (Å²) in [5, 5.41) is 1.53. The van der Waals surface area contributed by atoms with Crippen molar-refractivity contribution in [2.45, 2.75) is 50.4 Å². The normalized spacial score (nSPS) is 19.0. The molecule has 0 saturated carbocycles. The van der Waals surface area contributed by atoms with Gasteiger partial charge in [-0.25, -0.2) is 4.98 Å². The summed E-state index contributed by atoms with van der Waals surface area (Å²) in [5.74, 6) is 1.00. The minimum atomic E-state index is 0.0566. The average molecular weight is 410 g/mol. The molecule has 0 bridgehead atoms. The zero-order valence-electron chi connectivity index (χ0n) is 14.3. The summed E-state index contributed by atoms with van der Waals surface area (Å²) in [5.41, 5.74) is 0.839. The molecule has 0 spiro atoms. The quantitative estimate of drug-likeness (QED) is 0.549. The Morgan fingerprint density at radius 1 is 1.38 bits per heavy atom. The van der Waals surface area contributed by atoms with E-state index in [1.54, 1.807) is 16.3 Å². The number of thioether (sulfide) groups is 1. The van der Waals surface area contributed by atoms with Crippen LogP contribution in [0.4, 0.5) is 0 Å².